The van der Waals surface area contributed by atoms with E-state index >= 15 is 0 Å². The van der Waals surface area contributed by atoms with Crippen molar-refractivity contribution in [1.29, 1.82) is 0 Å². The number of hydrogen-bond acceptors (Lipinski definition) is 3. The number of rotatable bonds is 2. The third-order valence-corrected chi connectivity index (χ3v) is 2.28. The van der Waals surface area contributed by atoms with E-state index in [9.17, 15) is 0 Å². The lowest BCUT2D eigenvalue weighted by atomic mass is 10.1. The predicted octanol–water partition coefficient (Wildman–Crippen LogP) is -0.339. The van der Waals surface area contributed by atoms with Gasteiger partial charge in [0.25, 0.3) is 0 Å². The summed E-state index contributed by atoms with van der Waals surface area (Å²) in [6.45, 7) is 7.55. The summed E-state index contributed by atoms with van der Waals surface area (Å²) >= 11 is 0. The maximum atomic E-state index is 8.76. The van der Waals surface area contributed by atoms with E-state index in [1.165, 1.54) is 0 Å². The minimum absolute atomic E-state index is 0.275. The summed E-state index contributed by atoms with van der Waals surface area (Å²) in [7, 11) is 0. The molecule has 1 heterocycles. The third-order valence-electron chi connectivity index (χ3n) is 2.28. The molecule has 0 unspecified atom stereocenters. The van der Waals surface area contributed by atoms with Crippen molar-refractivity contribution in [3.8, 4) is 0 Å². The Morgan fingerprint density at radius 3 is 2.91 bits per heavy atom. The minimum atomic E-state index is 0.275. The van der Waals surface area contributed by atoms with Gasteiger partial charge in [-0.05, 0) is 13.8 Å². The topological polar surface area (TPSA) is 35.5 Å². The second kappa shape index (κ2) is 4.04. The van der Waals surface area contributed by atoms with Crippen molar-refractivity contribution in [2.24, 2.45) is 0 Å². The molecule has 0 aliphatic carbocycles. The van der Waals surface area contributed by atoms with E-state index in [2.05, 4.69) is 24.1 Å². The normalized spacial score (nSPS) is 34.1. The molecule has 1 fully saturated rings. The van der Waals surface area contributed by atoms with E-state index in [0.717, 1.165) is 19.6 Å². The van der Waals surface area contributed by atoms with Crippen molar-refractivity contribution in [3.63, 3.8) is 0 Å². The van der Waals surface area contributed by atoms with Crippen molar-refractivity contribution in [2.45, 2.75) is 25.9 Å². The molecule has 0 radical (unpaired) electrons. The van der Waals surface area contributed by atoms with E-state index < -0.39 is 0 Å². The van der Waals surface area contributed by atoms with E-state index in [1.54, 1.807) is 0 Å². The highest BCUT2D eigenvalue weighted by molar-refractivity contribution is 4.80. The molecule has 0 saturated carbocycles. The molecule has 11 heavy (non-hydrogen) atoms. The first kappa shape index (κ1) is 8.97. The van der Waals surface area contributed by atoms with Crippen LogP contribution in [0.1, 0.15) is 13.8 Å². The summed E-state index contributed by atoms with van der Waals surface area (Å²) in [6, 6.07) is 1.14. The van der Waals surface area contributed by atoms with Crippen LogP contribution in [0.25, 0.3) is 0 Å². The third kappa shape index (κ3) is 2.43. The second-order valence-corrected chi connectivity index (χ2v) is 3.38. The molecule has 1 saturated heterocycles. The van der Waals surface area contributed by atoms with Gasteiger partial charge in [-0.1, -0.05) is 0 Å². The van der Waals surface area contributed by atoms with Crippen LogP contribution < -0.4 is 5.32 Å². The van der Waals surface area contributed by atoms with Crippen molar-refractivity contribution in [3.05, 3.63) is 0 Å². The van der Waals surface area contributed by atoms with Crippen LogP contribution in [0.3, 0.4) is 0 Å². The molecule has 1 aliphatic rings. The molecular weight excluding hydrogens is 140 g/mol. The van der Waals surface area contributed by atoms with Gasteiger partial charge in [-0.3, -0.25) is 4.90 Å². The molecule has 2 N–H and O–H groups in total. The van der Waals surface area contributed by atoms with Crippen molar-refractivity contribution in [1.82, 2.24) is 10.2 Å². The van der Waals surface area contributed by atoms with Gasteiger partial charge >= 0.3 is 0 Å². The predicted molar refractivity (Wildman–Crippen MR) is 45.6 cm³/mol. The summed E-state index contributed by atoms with van der Waals surface area (Å²) < 4.78 is 0. The van der Waals surface area contributed by atoms with Gasteiger partial charge in [0, 0.05) is 31.7 Å². The Kier molecular flexibility index (Phi) is 3.30. The fraction of sp³-hybridized carbons (Fsp3) is 1.00. The number of piperazine rings is 1. The number of β-amino-alcohol motifs (C(OH)–C–C–N with tert-alkyl or cyclic N) is 1. The minimum Gasteiger partial charge on any atom is -0.395 e. The summed E-state index contributed by atoms with van der Waals surface area (Å²) in [5.41, 5.74) is 0. The number of hydrogen-bond donors (Lipinski definition) is 2. The Morgan fingerprint density at radius 1 is 1.55 bits per heavy atom. The monoisotopic (exact) mass is 158 g/mol. The number of nitrogens with zero attached hydrogens (tertiary/aromatic N) is 1. The molecule has 0 spiro atoms. The standard InChI is InChI=1S/C8H18N2O/c1-7-6-10(3-4-11)8(2)5-9-7/h7-9,11H,3-6H2,1-2H3/t7-,8+/m1/s1. The maximum Gasteiger partial charge on any atom is 0.0558 e. The molecule has 0 aromatic rings. The van der Waals surface area contributed by atoms with Gasteiger partial charge in [0.2, 0.25) is 0 Å². The fourth-order valence-electron chi connectivity index (χ4n) is 1.54. The summed E-state index contributed by atoms with van der Waals surface area (Å²) in [6.07, 6.45) is 0. The van der Waals surface area contributed by atoms with Crippen molar-refractivity contribution >= 4 is 0 Å². The van der Waals surface area contributed by atoms with Crippen molar-refractivity contribution in [2.75, 3.05) is 26.2 Å². The van der Waals surface area contributed by atoms with Crippen LogP contribution in [-0.4, -0.2) is 48.3 Å². The van der Waals surface area contributed by atoms with Crippen molar-refractivity contribution < 1.29 is 5.11 Å². The maximum absolute atomic E-state index is 8.76. The Morgan fingerprint density at radius 2 is 2.27 bits per heavy atom. The zero-order chi connectivity index (χ0) is 8.27. The Labute approximate surface area is 68.4 Å². The Hall–Kier alpha value is -0.120. The lowest BCUT2D eigenvalue weighted by molar-refractivity contribution is 0.117. The molecule has 66 valence electrons. The second-order valence-electron chi connectivity index (χ2n) is 3.38. The largest absolute Gasteiger partial charge is 0.395 e. The summed E-state index contributed by atoms with van der Waals surface area (Å²) in [5, 5.41) is 12.2. The van der Waals surface area contributed by atoms with Gasteiger partial charge < -0.3 is 10.4 Å². The molecule has 0 bridgehead atoms. The van der Waals surface area contributed by atoms with Gasteiger partial charge in [-0.2, -0.15) is 0 Å². The highest BCUT2D eigenvalue weighted by Crippen LogP contribution is 2.04. The summed E-state index contributed by atoms with van der Waals surface area (Å²) in [4.78, 5) is 2.32. The lowest BCUT2D eigenvalue weighted by Crippen LogP contribution is -2.54. The molecule has 3 nitrogen and oxygen atoms in total. The van der Waals surface area contributed by atoms with E-state index in [1.807, 2.05) is 0 Å². The molecule has 3 heteroatoms. The number of aliphatic hydroxyl groups excluding tert-OH is 1. The molecule has 1 rings (SSSR count). The SMILES string of the molecule is C[C@@H]1CN(CCO)[C@@H](C)CN1. The van der Waals surface area contributed by atoms with Crippen LogP contribution in [0, 0.1) is 0 Å². The Balaban J connectivity index is 2.34. The molecular formula is C8H18N2O. The van der Waals surface area contributed by atoms with Gasteiger partial charge in [0.15, 0.2) is 0 Å². The number of aliphatic hydroxyl groups is 1. The highest BCUT2D eigenvalue weighted by atomic mass is 16.3. The van der Waals surface area contributed by atoms with Crippen LogP contribution >= 0.6 is 0 Å². The summed E-state index contributed by atoms with van der Waals surface area (Å²) in [5.74, 6) is 0. The molecule has 2 atom stereocenters. The first-order chi connectivity index (χ1) is 5.24. The van der Waals surface area contributed by atoms with E-state index in [-0.39, 0.29) is 6.61 Å². The zero-order valence-electron chi connectivity index (χ0n) is 7.38. The van der Waals surface area contributed by atoms with Gasteiger partial charge in [-0.25, -0.2) is 0 Å². The first-order valence-electron chi connectivity index (χ1n) is 4.32. The molecule has 0 aromatic heterocycles. The smallest absolute Gasteiger partial charge is 0.0558 e. The molecule has 0 amide bonds. The lowest BCUT2D eigenvalue weighted by Gasteiger charge is -2.37. The average Bonchev–Trinajstić information content (AvgIpc) is 1.98. The van der Waals surface area contributed by atoms with E-state index in [4.69, 9.17) is 5.11 Å². The van der Waals surface area contributed by atoms with Crippen LogP contribution in [0.5, 0.6) is 0 Å². The van der Waals surface area contributed by atoms with Crippen LogP contribution in [0.2, 0.25) is 0 Å². The van der Waals surface area contributed by atoms with Crippen LogP contribution in [0.15, 0.2) is 0 Å². The molecule has 1 aliphatic heterocycles. The van der Waals surface area contributed by atoms with Crippen LogP contribution in [-0.2, 0) is 0 Å². The average molecular weight is 158 g/mol. The van der Waals surface area contributed by atoms with Crippen LogP contribution in [0.4, 0.5) is 0 Å². The highest BCUT2D eigenvalue weighted by Gasteiger charge is 2.20. The quantitative estimate of drug-likeness (QED) is 0.577. The van der Waals surface area contributed by atoms with Gasteiger partial charge in [0.1, 0.15) is 0 Å². The number of nitrogens with one attached hydrogen (secondary N) is 1. The van der Waals surface area contributed by atoms with Gasteiger partial charge in [0.05, 0.1) is 6.61 Å². The van der Waals surface area contributed by atoms with Gasteiger partial charge in [-0.15, -0.1) is 0 Å². The Bertz CT molecular complexity index is 119. The fourth-order valence-corrected chi connectivity index (χ4v) is 1.54. The van der Waals surface area contributed by atoms with E-state index in [0.29, 0.717) is 12.1 Å². The first-order valence-corrected chi connectivity index (χ1v) is 4.32. The zero-order valence-corrected chi connectivity index (χ0v) is 7.38. The molecule has 0 aromatic carbocycles.